The van der Waals surface area contributed by atoms with E-state index in [-0.39, 0.29) is 0 Å². The number of aryl methyl sites for hydroxylation is 1. The van der Waals surface area contributed by atoms with Crippen molar-refractivity contribution >= 4 is 23.0 Å². The highest BCUT2D eigenvalue weighted by molar-refractivity contribution is 7.80. The van der Waals surface area contributed by atoms with E-state index in [1.807, 2.05) is 12.1 Å². The van der Waals surface area contributed by atoms with Gasteiger partial charge in [0.05, 0.1) is 7.11 Å². The Kier molecular flexibility index (Phi) is 7.56. The van der Waals surface area contributed by atoms with E-state index in [4.69, 9.17) is 17.0 Å². The third-order valence-corrected chi connectivity index (χ3v) is 4.14. The first-order valence-electron chi connectivity index (χ1n) is 8.48. The third-order valence-electron chi connectivity index (χ3n) is 3.89. The lowest BCUT2D eigenvalue weighted by atomic mass is 10.1. The Hall–Kier alpha value is -2.07. The number of hydrogen-bond acceptors (Lipinski definition) is 2. The van der Waals surface area contributed by atoms with Crippen LogP contribution in [0.3, 0.4) is 0 Å². The lowest BCUT2D eigenvalue weighted by Gasteiger charge is -2.11. The Bertz CT molecular complexity index is 623. The maximum atomic E-state index is 5.35. The average molecular weight is 343 g/mol. The molecule has 0 saturated carbocycles. The molecule has 0 spiro atoms. The molecule has 0 saturated heterocycles. The Morgan fingerprint density at radius 2 is 1.58 bits per heavy atom. The van der Waals surface area contributed by atoms with Crippen LogP contribution in [0, 0.1) is 0 Å². The maximum Gasteiger partial charge on any atom is 0.170 e. The zero-order valence-corrected chi connectivity index (χ0v) is 15.3. The molecular formula is C20H26N2OS. The van der Waals surface area contributed by atoms with Crippen molar-refractivity contribution in [3.8, 4) is 5.75 Å². The average Bonchev–Trinajstić information content (AvgIpc) is 2.62. The van der Waals surface area contributed by atoms with Gasteiger partial charge in [-0.1, -0.05) is 37.6 Å². The fraction of sp³-hybridized carbons (Fsp3) is 0.350. The monoisotopic (exact) mass is 342 g/mol. The van der Waals surface area contributed by atoms with Gasteiger partial charge in [-0.15, -0.1) is 0 Å². The van der Waals surface area contributed by atoms with E-state index in [9.17, 15) is 0 Å². The molecule has 0 amide bonds. The molecule has 2 rings (SSSR count). The Morgan fingerprint density at radius 1 is 0.958 bits per heavy atom. The molecule has 0 aliphatic carbocycles. The molecule has 0 atom stereocenters. The van der Waals surface area contributed by atoms with Crippen LogP contribution in [0.1, 0.15) is 30.9 Å². The van der Waals surface area contributed by atoms with Gasteiger partial charge in [-0.05, 0) is 66.9 Å². The number of benzene rings is 2. The van der Waals surface area contributed by atoms with Crippen molar-refractivity contribution in [2.45, 2.75) is 32.6 Å². The maximum absolute atomic E-state index is 5.35. The first-order chi connectivity index (χ1) is 11.7. The normalized spacial score (nSPS) is 10.2. The molecule has 4 heteroatoms. The molecule has 2 N–H and O–H groups in total. The van der Waals surface area contributed by atoms with Gasteiger partial charge >= 0.3 is 0 Å². The van der Waals surface area contributed by atoms with Gasteiger partial charge in [0.1, 0.15) is 5.75 Å². The number of unbranched alkanes of at least 4 members (excludes halogenated alkanes) is 1. The van der Waals surface area contributed by atoms with E-state index >= 15 is 0 Å². The third kappa shape index (κ3) is 6.20. The summed E-state index contributed by atoms with van der Waals surface area (Å²) in [5.41, 5.74) is 3.66. The van der Waals surface area contributed by atoms with Gasteiger partial charge in [0, 0.05) is 12.2 Å². The van der Waals surface area contributed by atoms with Crippen molar-refractivity contribution < 1.29 is 4.74 Å². The van der Waals surface area contributed by atoms with E-state index in [0.29, 0.717) is 5.11 Å². The van der Waals surface area contributed by atoms with E-state index in [1.54, 1.807) is 7.11 Å². The highest BCUT2D eigenvalue weighted by atomic mass is 32.1. The smallest absolute Gasteiger partial charge is 0.170 e. The second-order valence-electron chi connectivity index (χ2n) is 5.78. The van der Waals surface area contributed by atoms with E-state index in [0.717, 1.165) is 30.8 Å². The Balaban J connectivity index is 1.72. The molecule has 0 fully saturated rings. The summed E-state index contributed by atoms with van der Waals surface area (Å²) >= 11 is 5.35. The van der Waals surface area contributed by atoms with E-state index < -0.39 is 0 Å². The summed E-state index contributed by atoms with van der Waals surface area (Å²) in [6, 6.07) is 16.6. The zero-order valence-electron chi connectivity index (χ0n) is 14.5. The minimum Gasteiger partial charge on any atom is -0.497 e. The van der Waals surface area contributed by atoms with Crippen LogP contribution in [-0.2, 0) is 12.8 Å². The van der Waals surface area contributed by atoms with Gasteiger partial charge in [-0.25, -0.2) is 0 Å². The van der Waals surface area contributed by atoms with Crippen LogP contribution < -0.4 is 15.4 Å². The molecule has 128 valence electrons. The van der Waals surface area contributed by atoms with Crippen molar-refractivity contribution in [2.24, 2.45) is 0 Å². The van der Waals surface area contributed by atoms with Crippen molar-refractivity contribution in [2.75, 3.05) is 19.0 Å². The summed E-state index contributed by atoms with van der Waals surface area (Å²) in [7, 11) is 1.68. The lowest BCUT2D eigenvalue weighted by molar-refractivity contribution is 0.414. The summed E-state index contributed by atoms with van der Waals surface area (Å²) < 4.78 is 5.16. The second-order valence-corrected chi connectivity index (χ2v) is 6.19. The summed E-state index contributed by atoms with van der Waals surface area (Å²) in [5, 5.41) is 7.13. The van der Waals surface area contributed by atoms with Gasteiger partial charge in [0.2, 0.25) is 0 Å². The second kappa shape index (κ2) is 9.93. The molecule has 0 aliphatic heterocycles. The van der Waals surface area contributed by atoms with Crippen LogP contribution in [0.25, 0.3) is 0 Å². The standard InChI is InChI=1S/C20H26N2OS/c1-3-4-5-16-6-10-18(11-7-16)22-20(24)21-15-14-17-8-12-19(23-2)13-9-17/h6-13H,3-5,14-15H2,1-2H3,(H2,21,22,24). The molecule has 0 bridgehead atoms. The summed E-state index contributed by atoms with van der Waals surface area (Å²) in [6.45, 7) is 3.01. The largest absolute Gasteiger partial charge is 0.497 e. The SMILES string of the molecule is CCCCc1ccc(NC(=S)NCCc2ccc(OC)cc2)cc1. The van der Waals surface area contributed by atoms with Crippen molar-refractivity contribution in [1.29, 1.82) is 0 Å². The van der Waals surface area contributed by atoms with Crippen LogP contribution in [-0.4, -0.2) is 18.8 Å². The molecule has 0 aliphatic rings. The van der Waals surface area contributed by atoms with Crippen LogP contribution in [0.5, 0.6) is 5.75 Å². The van der Waals surface area contributed by atoms with Crippen LogP contribution in [0.15, 0.2) is 48.5 Å². The molecular weight excluding hydrogens is 316 g/mol. The molecule has 3 nitrogen and oxygen atoms in total. The highest BCUT2D eigenvalue weighted by Crippen LogP contribution is 2.12. The first kappa shape index (κ1) is 18.3. The first-order valence-corrected chi connectivity index (χ1v) is 8.89. The number of nitrogens with one attached hydrogen (secondary N) is 2. The number of rotatable bonds is 8. The van der Waals surface area contributed by atoms with Gasteiger partial charge in [-0.3, -0.25) is 0 Å². The number of hydrogen-bond donors (Lipinski definition) is 2. The predicted molar refractivity (Wildman–Crippen MR) is 106 cm³/mol. The number of anilines is 1. The van der Waals surface area contributed by atoms with E-state index in [1.165, 1.54) is 24.0 Å². The Labute approximate surface area is 150 Å². The van der Waals surface area contributed by atoms with Gasteiger partial charge < -0.3 is 15.4 Å². The number of methoxy groups -OCH3 is 1. The molecule has 0 unspecified atom stereocenters. The summed E-state index contributed by atoms with van der Waals surface area (Å²) in [4.78, 5) is 0. The molecule has 2 aromatic carbocycles. The summed E-state index contributed by atoms with van der Waals surface area (Å²) in [6.07, 6.45) is 4.52. The van der Waals surface area contributed by atoms with Crippen molar-refractivity contribution in [3.05, 3.63) is 59.7 Å². The van der Waals surface area contributed by atoms with Crippen LogP contribution in [0.4, 0.5) is 5.69 Å². The lowest BCUT2D eigenvalue weighted by Crippen LogP contribution is -2.30. The van der Waals surface area contributed by atoms with E-state index in [2.05, 4.69) is 54.0 Å². The van der Waals surface area contributed by atoms with Gasteiger partial charge in [-0.2, -0.15) is 0 Å². The number of ether oxygens (including phenoxy) is 1. The van der Waals surface area contributed by atoms with Crippen LogP contribution in [0.2, 0.25) is 0 Å². The fourth-order valence-electron chi connectivity index (χ4n) is 2.42. The molecule has 2 aromatic rings. The Morgan fingerprint density at radius 3 is 2.21 bits per heavy atom. The predicted octanol–water partition coefficient (Wildman–Crippen LogP) is 4.57. The fourth-order valence-corrected chi connectivity index (χ4v) is 2.64. The number of thiocarbonyl (C=S) groups is 1. The summed E-state index contributed by atoms with van der Waals surface area (Å²) in [5.74, 6) is 0.881. The minimum atomic E-state index is 0.657. The molecule has 24 heavy (non-hydrogen) atoms. The van der Waals surface area contributed by atoms with Gasteiger partial charge in [0.15, 0.2) is 5.11 Å². The van der Waals surface area contributed by atoms with Crippen LogP contribution >= 0.6 is 12.2 Å². The van der Waals surface area contributed by atoms with Crippen molar-refractivity contribution in [3.63, 3.8) is 0 Å². The molecule has 0 aromatic heterocycles. The minimum absolute atomic E-state index is 0.657. The zero-order chi connectivity index (χ0) is 17.2. The molecule has 0 radical (unpaired) electrons. The molecule has 0 heterocycles. The highest BCUT2D eigenvalue weighted by Gasteiger charge is 1.99. The van der Waals surface area contributed by atoms with Gasteiger partial charge in [0.25, 0.3) is 0 Å². The topological polar surface area (TPSA) is 33.3 Å². The van der Waals surface area contributed by atoms with Crippen molar-refractivity contribution in [1.82, 2.24) is 5.32 Å². The quantitative estimate of drug-likeness (QED) is 0.689.